The van der Waals surface area contributed by atoms with Crippen LogP contribution in [0.4, 0.5) is 4.39 Å². The Kier molecular flexibility index (Phi) is 5.25. The van der Waals surface area contributed by atoms with Crippen molar-refractivity contribution in [1.82, 2.24) is 0 Å². The quantitative estimate of drug-likeness (QED) is 0.559. The summed E-state index contributed by atoms with van der Waals surface area (Å²) >= 11 is 12.7. The second-order valence-electron chi connectivity index (χ2n) is 3.87. The molecule has 2 aromatic rings. The first-order valence-electron chi connectivity index (χ1n) is 5.50. The lowest BCUT2D eigenvalue weighted by molar-refractivity contribution is 0.472. The zero-order chi connectivity index (χ0) is 13.8. The predicted octanol–water partition coefficient (Wildman–Crippen LogP) is 6.06. The molecule has 2 rings (SSSR count). The minimum atomic E-state index is -0.284. The van der Waals surface area contributed by atoms with E-state index in [0.717, 1.165) is 11.1 Å². The molecule has 0 saturated heterocycles. The fourth-order valence-electron chi connectivity index (χ4n) is 1.60. The number of hydrogen-bond acceptors (Lipinski definition) is 1. The molecule has 0 radical (unpaired) electrons. The van der Waals surface area contributed by atoms with Crippen LogP contribution >= 0.6 is 43.5 Å². The lowest BCUT2D eigenvalue weighted by Gasteiger charge is -2.13. The van der Waals surface area contributed by atoms with Crippen molar-refractivity contribution in [2.75, 3.05) is 0 Å². The molecule has 0 aliphatic rings. The summed E-state index contributed by atoms with van der Waals surface area (Å²) in [6, 6.07) is 9.89. The van der Waals surface area contributed by atoms with E-state index in [1.807, 2.05) is 6.07 Å². The first-order chi connectivity index (χ1) is 9.13. The number of halogens is 4. The molecule has 0 N–H and O–H groups in total. The molecule has 0 bridgehead atoms. The first kappa shape index (κ1) is 14.8. The molecule has 0 saturated carbocycles. The van der Waals surface area contributed by atoms with E-state index in [0.29, 0.717) is 27.2 Å². The van der Waals surface area contributed by atoms with Crippen LogP contribution in [-0.4, -0.2) is 0 Å². The predicted molar refractivity (Wildman–Crippen MR) is 83.2 cm³/mol. The zero-order valence-electron chi connectivity index (χ0n) is 9.80. The zero-order valence-corrected chi connectivity index (χ0v) is 13.7. The second kappa shape index (κ2) is 6.73. The third-order valence-corrected chi connectivity index (χ3v) is 4.00. The van der Waals surface area contributed by atoms with Gasteiger partial charge in [0.2, 0.25) is 0 Å². The summed E-state index contributed by atoms with van der Waals surface area (Å²) in [4.78, 5) is 0. The molecule has 0 spiro atoms. The van der Waals surface area contributed by atoms with E-state index in [-0.39, 0.29) is 5.82 Å². The van der Waals surface area contributed by atoms with E-state index in [1.54, 1.807) is 18.2 Å². The van der Waals surface area contributed by atoms with Gasteiger partial charge in [0.05, 0.1) is 0 Å². The molecule has 1 nitrogen and oxygen atoms in total. The maximum absolute atomic E-state index is 13.2. The van der Waals surface area contributed by atoms with Crippen LogP contribution in [0.5, 0.6) is 11.5 Å². The molecule has 0 aliphatic heterocycles. The highest BCUT2D eigenvalue weighted by Crippen LogP contribution is 2.32. The number of hydrogen-bond donors (Lipinski definition) is 0. The summed E-state index contributed by atoms with van der Waals surface area (Å²) in [7, 11) is 0. The van der Waals surface area contributed by atoms with Crippen LogP contribution in [0.1, 0.15) is 11.1 Å². The van der Waals surface area contributed by atoms with Crippen molar-refractivity contribution in [1.29, 1.82) is 0 Å². The molecular weight excluding hydrogens is 398 g/mol. The highest BCUT2D eigenvalue weighted by atomic mass is 79.9. The Morgan fingerprint density at radius 2 is 1.68 bits per heavy atom. The van der Waals surface area contributed by atoms with Gasteiger partial charge in [-0.2, -0.15) is 0 Å². The topological polar surface area (TPSA) is 9.23 Å². The molecule has 0 unspecified atom stereocenters. The standard InChI is InChI=1S/C14H10Br2ClFO/c15-7-9-1-2-11(17)6-14(9)19-13-4-3-12(18)5-10(13)8-16/h1-6H,7-8H2. The van der Waals surface area contributed by atoms with Gasteiger partial charge in [-0.1, -0.05) is 49.5 Å². The van der Waals surface area contributed by atoms with Crippen molar-refractivity contribution < 1.29 is 9.13 Å². The Morgan fingerprint density at radius 1 is 0.947 bits per heavy atom. The smallest absolute Gasteiger partial charge is 0.132 e. The van der Waals surface area contributed by atoms with Crippen molar-refractivity contribution in [3.8, 4) is 11.5 Å². The monoisotopic (exact) mass is 406 g/mol. The third-order valence-electron chi connectivity index (χ3n) is 2.56. The van der Waals surface area contributed by atoms with Crippen LogP contribution in [0, 0.1) is 5.82 Å². The summed E-state index contributed by atoms with van der Waals surface area (Å²) in [6.07, 6.45) is 0. The van der Waals surface area contributed by atoms with Gasteiger partial charge in [-0.05, 0) is 30.3 Å². The summed E-state index contributed by atoms with van der Waals surface area (Å²) in [5, 5.41) is 1.77. The van der Waals surface area contributed by atoms with Gasteiger partial charge in [0.25, 0.3) is 0 Å². The molecular formula is C14H10Br2ClFO. The Morgan fingerprint density at radius 3 is 2.37 bits per heavy atom. The Hall–Kier alpha value is -0.580. The minimum Gasteiger partial charge on any atom is -0.457 e. The summed E-state index contributed by atoms with van der Waals surface area (Å²) in [5.41, 5.74) is 1.73. The summed E-state index contributed by atoms with van der Waals surface area (Å²) < 4.78 is 19.0. The van der Waals surface area contributed by atoms with E-state index < -0.39 is 0 Å². The molecule has 0 fully saturated rings. The van der Waals surface area contributed by atoms with Gasteiger partial charge in [-0.3, -0.25) is 0 Å². The van der Waals surface area contributed by atoms with Crippen LogP contribution in [0.3, 0.4) is 0 Å². The van der Waals surface area contributed by atoms with Gasteiger partial charge in [-0.25, -0.2) is 4.39 Å². The molecule has 100 valence electrons. The first-order valence-corrected chi connectivity index (χ1v) is 8.12. The largest absolute Gasteiger partial charge is 0.457 e. The van der Waals surface area contributed by atoms with Gasteiger partial charge >= 0.3 is 0 Å². The van der Waals surface area contributed by atoms with Crippen molar-refractivity contribution in [2.24, 2.45) is 0 Å². The minimum absolute atomic E-state index is 0.284. The van der Waals surface area contributed by atoms with Crippen LogP contribution < -0.4 is 4.74 Å². The van der Waals surface area contributed by atoms with Gasteiger partial charge in [0.1, 0.15) is 17.3 Å². The lowest BCUT2D eigenvalue weighted by atomic mass is 10.2. The summed E-state index contributed by atoms with van der Waals surface area (Å²) in [5.74, 6) is 0.995. The number of alkyl halides is 2. The van der Waals surface area contributed by atoms with Gasteiger partial charge < -0.3 is 4.74 Å². The van der Waals surface area contributed by atoms with Crippen molar-refractivity contribution >= 4 is 43.5 Å². The highest BCUT2D eigenvalue weighted by molar-refractivity contribution is 9.08. The lowest BCUT2D eigenvalue weighted by Crippen LogP contribution is -1.93. The van der Waals surface area contributed by atoms with Gasteiger partial charge in [0.15, 0.2) is 0 Å². The van der Waals surface area contributed by atoms with E-state index in [2.05, 4.69) is 31.9 Å². The molecule has 0 heterocycles. The average Bonchev–Trinajstić information content (AvgIpc) is 2.41. The second-order valence-corrected chi connectivity index (χ2v) is 5.43. The van der Waals surface area contributed by atoms with Crippen LogP contribution in [-0.2, 0) is 10.7 Å². The van der Waals surface area contributed by atoms with Gasteiger partial charge in [-0.15, -0.1) is 0 Å². The molecule has 2 aromatic carbocycles. The fourth-order valence-corrected chi connectivity index (χ4v) is 2.67. The SMILES string of the molecule is Fc1ccc(Oc2cc(Cl)ccc2CBr)c(CBr)c1. The Balaban J connectivity index is 2.38. The summed E-state index contributed by atoms with van der Waals surface area (Å²) in [6.45, 7) is 0. The average molecular weight is 408 g/mol. The maximum Gasteiger partial charge on any atom is 0.132 e. The molecule has 0 atom stereocenters. The Labute approximate surface area is 133 Å². The number of benzene rings is 2. The molecule has 19 heavy (non-hydrogen) atoms. The maximum atomic E-state index is 13.2. The van der Waals surface area contributed by atoms with Crippen LogP contribution in [0.25, 0.3) is 0 Å². The molecule has 0 aliphatic carbocycles. The van der Waals surface area contributed by atoms with Crippen molar-refractivity contribution in [3.05, 3.63) is 58.4 Å². The molecule has 5 heteroatoms. The van der Waals surface area contributed by atoms with Crippen molar-refractivity contribution in [3.63, 3.8) is 0 Å². The number of ether oxygens (including phenoxy) is 1. The fraction of sp³-hybridized carbons (Fsp3) is 0.143. The Bertz CT molecular complexity index is 590. The van der Waals surface area contributed by atoms with Crippen LogP contribution in [0.2, 0.25) is 5.02 Å². The van der Waals surface area contributed by atoms with Crippen molar-refractivity contribution in [2.45, 2.75) is 10.7 Å². The highest BCUT2D eigenvalue weighted by Gasteiger charge is 2.09. The normalized spacial score (nSPS) is 10.5. The van der Waals surface area contributed by atoms with E-state index >= 15 is 0 Å². The van der Waals surface area contributed by atoms with E-state index in [1.165, 1.54) is 12.1 Å². The molecule has 0 aromatic heterocycles. The number of rotatable bonds is 4. The third kappa shape index (κ3) is 3.71. The molecule has 0 amide bonds. The van der Waals surface area contributed by atoms with Crippen LogP contribution in [0.15, 0.2) is 36.4 Å². The van der Waals surface area contributed by atoms with Gasteiger partial charge in [0, 0.05) is 26.8 Å². The van der Waals surface area contributed by atoms with E-state index in [9.17, 15) is 4.39 Å². The van der Waals surface area contributed by atoms with E-state index in [4.69, 9.17) is 16.3 Å².